The SMILES string of the molecule is CCC(=O)OC(C)ON=[N+]([O-])N(C)[C@H](C(=O)NS(=O)(=O)c1ccc(-n2nc(C(F)(F)F)cc2-c2ccc(C)cc2)cc1)C(C)C. The van der Waals surface area contributed by atoms with Crippen LogP contribution in [0.15, 0.2) is 64.8 Å². The molecule has 3 rings (SSSR count). The molecule has 0 aliphatic heterocycles. The lowest BCUT2D eigenvalue weighted by molar-refractivity contribution is -0.713. The van der Waals surface area contributed by atoms with Crippen LogP contribution < -0.4 is 4.72 Å². The molecule has 13 nitrogen and oxygen atoms in total. The van der Waals surface area contributed by atoms with E-state index in [-0.39, 0.29) is 27.7 Å². The minimum atomic E-state index is -4.72. The van der Waals surface area contributed by atoms with Crippen LogP contribution in [-0.4, -0.2) is 59.4 Å². The van der Waals surface area contributed by atoms with E-state index in [0.717, 1.165) is 33.5 Å². The second kappa shape index (κ2) is 14.0. The first-order valence-corrected chi connectivity index (χ1v) is 15.1. The fourth-order valence-electron chi connectivity index (χ4n) is 4.13. The Bertz CT molecular complexity index is 1640. The van der Waals surface area contributed by atoms with Crippen molar-refractivity contribution in [3.8, 4) is 16.9 Å². The van der Waals surface area contributed by atoms with Crippen molar-refractivity contribution in [2.75, 3.05) is 7.05 Å². The average molecular weight is 655 g/mol. The zero-order chi connectivity index (χ0) is 33.7. The number of hydrazine groups is 1. The number of ether oxygens (including phenoxy) is 1. The quantitative estimate of drug-likeness (QED) is 0.0958. The van der Waals surface area contributed by atoms with E-state index in [1.54, 1.807) is 45.0 Å². The first kappa shape index (κ1) is 34.8. The Labute approximate surface area is 257 Å². The summed E-state index contributed by atoms with van der Waals surface area (Å²) in [6.07, 6.45) is -5.86. The number of sulfonamides is 1. The van der Waals surface area contributed by atoms with Gasteiger partial charge in [0.15, 0.2) is 11.7 Å². The number of benzene rings is 2. The van der Waals surface area contributed by atoms with Crippen molar-refractivity contribution in [3.05, 3.63) is 71.1 Å². The van der Waals surface area contributed by atoms with Gasteiger partial charge in [0.25, 0.3) is 22.2 Å². The molecule has 0 saturated carbocycles. The summed E-state index contributed by atoms with van der Waals surface area (Å²) >= 11 is 0. The molecule has 1 heterocycles. The number of halogens is 3. The van der Waals surface area contributed by atoms with Crippen LogP contribution in [0.3, 0.4) is 0 Å². The maximum atomic E-state index is 13.5. The number of aryl methyl sites for hydroxylation is 1. The van der Waals surface area contributed by atoms with E-state index in [2.05, 4.69) is 10.4 Å². The van der Waals surface area contributed by atoms with Crippen molar-refractivity contribution in [3.63, 3.8) is 0 Å². The van der Waals surface area contributed by atoms with Gasteiger partial charge in [-0.15, -0.1) is 5.01 Å². The number of hydrogen-bond acceptors (Lipinski definition) is 9. The molecule has 45 heavy (non-hydrogen) atoms. The Morgan fingerprint density at radius 3 is 2.24 bits per heavy atom. The number of likely N-dealkylation sites (N-methyl/N-ethyl adjacent to an activating group) is 1. The molecule has 0 bridgehead atoms. The molecule has 1 amide bonds. The molecule has 0 aliphatic rings. The lowest BCUT2D eigenvalue weighted by atomic mass is 10.0. The molecule has 0 saturated heterocycles. The first-order chi connectivity index (χ1) is 20.9. The molecular weight excluding hydrogens is 621 g/mol. The van der Waals surface area contributed by atoms with Gasteiger partial charge in [0.1, 0.15) is 0 Å². The summed E-state index contributed by atoms with van der Waals surface area (Å²) in [5.74, 6) is -2.26. The third-order valence-electron chi connectivity index (χ3n) is 6.40. The third kappa shape index (κ3) is 8.71. The van der Waals surface area contributed by atoms with Crippen LogP contribution >= 0.6 is 0 Å². The summed E-state index contributed by atoms with van der Waals surface area (Å²) in [4.78, 5) is 28.8. The Kier molecular flexibility index (Phi) is 10.8. The van der Waals surface area contributed by atoms with Gasteiger partial charge in [-0.3, -0.25) is 14.4 Å². The second-order valence-corrected chi connectivity index (χ2v) is 11.9. The molecule has 1 unspecified atom stereocenters. The summed E-state index contributed by atoms with van der Waals surface area (Å²) < 4.78 is 74.6. The molecule has 2 atom stereocenters. The number of aromatic nitrogens is 2. The van der Waals surface area contributed by atoms with Gasteiger partial charge in [0, 0.05) is 18.9 Å². The zero-order valence-corrected chi connectivity index (χ0v) is 26.1. The van der Waals surface area contributed by atoms with Crippen LogP contribution in [0.2, 0.25) is 0 Å². The summed E-state index contributed by atoms with van der Waals surface area (Å²) in [7, 11) is -3.32. The maximum absolute atomic E-state index is 13.5. The minimum Gasteiger partial charge on any atom is -0.569 e. The molecule has 2 aromatic carbocycles. The molecule has 0 aliphatic carbocycles. The predicted octanol–water partition coefficient (Wildman–Crippen LogP) is 4.74. The highest BCUT2D eigenvalue weighted by Gasteiger charge is 2.36. The molecule has 1 aromatic heterocycles. The Morgan fingerprint density at radius 2 is 1.71 bits per heavy atom. The van der Waals surface area contributed by atoms with Crippen molar-refractivity contribution in [2.45, 2.75) is 64.4 Å². The first-order valence-electron chi connectivity index (χ1n) is 13.6. The molecule has 0 spiro atoms. The van der Waals surface area contributed by atoms with Crippen molar-refractivity contribution >= 4 is 21.9 Å². The van der Waals surface area contributed by atoms with E-state index in [1.807, 2.05) is 11.6 Å². The molecule has 3 aromatic rings. The van der Waals surface area contributed by atoms with Crippen LogP contribution in [0.25, 0.3) is 16.9 Å². The topological polar surface area (TPSA) is 158 Å². The van der Waals surface area contributed by atoms with Crippen molar-refractivity contribution in [1.82, 2.24) is 19.5 Å². The predicted molar refractivity (Wildman–Crippen MR) is 153 cm³/mol. The number of alkyl halides is 3. The monoisotopic (exact) mass is 654 g/mol. The third-order valence-corrected chi connectivity index (χ3v) is 7.76. The fraction of sp³-hybridized carbons (Fsp3) is 0.393. The second-order valence-electron chi connectivity index (χ2n) is 10.3. The van der Waals surface area contributed by atoms with Crippen LogP contribution in [0.4, 0.5) is 13.2 Å². The summed E-state index contributed by atoms with van der Waals surface area (Å²) in [5.41, 5.74) is 0.486. The van der Waals surface area contributed by atoms with Gasteiger partial charge in [-0.25, -0.2) is 17.8 Å². The smallest absolute Gasteiger partial charge is 0.435 e. The molecule has 17 heteroatoms. The van der Waals surface area contributed by atoms with Crippen LogP contribution in [0.1, 0.15) is 45.4 Å². The Hall–Kier alpha value is -4.67. The number of esters is 1. The van der Waals surface area contributed by atoms with Crippen molar-refractivity contribution in [2.24, 2.45) is 11.2 Å². The van der Waals surface area contributed by atoms with Crippen molar-refractivity contribution in [1.29, 1.82) is 0 Å². The van der Waals surface area contributed by atoms with Gasteiger partial charge in [-0.05, 0) is 43.2 Å². The highest BCUT2D eigenvalue weighted by molar-refractivity contribution is 7.90. The minimum absolute atomic E-state index is 0.0676. The number of carbonyl (C=O) groups excluding carboxylic acids is 2. The van der Waals surface area contributed by atoms with Crippen LogP contribution in [-0.2, 0) is 35.4 Å². The number of carbonyl (C=O) groups is 2. The Balaban J connectivity index is 1.84. The lowest BCUT2D eigenvalue weighted by Gasteiger charge is -2.26. The van der Waals surface area contributed by atoms with Gasteiger partial charge in [0.05, 0.1) is 28.3 Å². The van der Waals surface area contributed by atoms with Crippen molar-refractivity contribution < 1.29 is 45.7 Å². The van der Waals surface area contributed by atoms with E-state index in [1.165, 1.54) is 26.1 Å². The normalized spacial score (nSPS) is 13.7. The number of rotatable bonds is 12. The number of nitrogens with one attached hydrogen (secondary N) is 1. The molecular formula is C28H33F3N6O7S. The number of nitrogens with zero attached hydrogens (tertiary/aromatic N) is 5. The average Bonchev–Trinajstić information content (AvgIpc) is 3.42. The summed E-state index contributed by atoms with van der Waals surface area (Å²) in [6, 6.07) is 11.0. The molecule has 0 fully saturated rings. The maximum Gasteiger partial charge on any atom is 0.435 e. The zero-order valence-electron chi connectivity index (χ0n) is 25.3. The van der Waals surface area contributed by atoms with E-state index in [9.17, 15) is 36.4 Å². The number of amides is 1. The van der Waals surface area contributed by atoms with E-state index in [4.69, 9.17) is 9.57 Å². The summed E-state index contributed by atoms with van der Waals surface area (Å²) in [6.45, 7) is 7.84. The van der Waals surface area contributed by atoms with Crippen LogP contribution in [0.5, 0.6) is 0 Å². The highest BCUT2D eigenvalue weighted by atomic mass is 32.2. The number of hydrogen-bond donors (Lipinski definition) is 1. The van der Waals surface area contributed by atoms with Crippen LogP contribution in [0, 0.1) is 18.0 Å². The molecule has 0 radical (unpaired) electrons. The summed E-state index contributed by atoms with van der Waals surface area (Å²) in [5, 5.41) is 20.2. The van der Waals surface area contributed by atoms with E-state index < -0.39 is 52.0 Å². The largest absolute Gasteiger partial charge is 0.569 e. The highest BCUT2D eigenvalue weighted by Crippen LogP contribution is 2.33. The Morgan fingerprint density at radius 1 is 1.11 bits per heavy atom. The van der Waals surface area contributed by atoms with E-state index >= 15 is 0 Å². The lowest BCUT2D eigenvalue weighted by Crippen LogP contribution is -2.51. The van der Waals surface area contributed by atoms with Gasteiger partial charge in [0.2, 0.25) is 5.28 Å². The van der Waals surface area contributed by atoms with Gasteiger partial charge >= 0.3 is 12.1 Å². The van der Waals surface area contributed by atoms with Gasteiger partial charge < -0.3 is 9.94 Å². The standard InChI is InChI=1S/C28H33F3N6O7S/c1-7-25(38)43-19(5)44-34-37(40)35(6)26(17(2)3)27(39)33-45(41,42)22-14-12-21(13-15-22)36-23(16-24(32-36)28(29,30)31)20-10-8-18(4)9-11-20/h8-17,19,26H,7H2,1-6H3,(H,33,39)/t19?,26-/m0/s1. The molecule has 1 N–H and O–H groups in total. The van der Waals surface area contributed by atoms with E-state index in [0.29, 0.717) is 5.56 Å². The molecule has 244 valence electrons. The fourth-order valence-corrected chi connectivity index (χ4v) is 5.13. The van der Waals surface area contributed by atoms with Gasteiger partial charge in [-0.2, -0.15) is 18.3 Å². The van der Waals surface area contributed by atoms with Gasteiger partial charge in [-0.1, -0.05) is 50.6 Å².